The van der Waals surface area contributed by atoms with Gasteiger partial charge in [0.15, 0.2) is 11.5 Å². The van der Waals surface area contributed by atoms with Gasteiger partial charge in [-0.1, -0.05) is 12.1 Å². The number of anilines is 2. The number of rotatable bonds is 6. The fraction of sp³-hybridized carbons (Fsp3) is 0.0833. The zero-order chi connectivity index (χ0) is 22.8. The molecule has 2 aromatic heterocycles. The first-order valence-corrected chi connectivity index (χ1v) is 10.0. The first-order valence-electron chi connectivity index (χ1n) is 10.0. The van der Waals surface area contributed by atoms with Crippen LogP contribution in [0.15, 0.2) is 71.1 Å². The van der Waals surface area contributed by atoms with Crippen LogP contribution >= 0.6 is 0 Å². The van der Waals surface area contributed by atoms with Crippen LogP contribution in [0.25, 0.3) is 34.1 Å². The van der Waals surface area contributed by atoms with Gasteiger partial charge in [-0.2, -0.15) is 0 Å². The number of nitrogens with zero attached hydrogens (tertiary/aromatic N) is 4. The van der Waals surface area contributed by atoms with Crippen LogP contribution in [0.1, 0.15) is 0 Å². The van der Waals surface area contributed by atoms with Crippen molar-refractivity contribution in [2.45, 2.75) is 0 Å². The number of nitrogens with one attached hydrogen (secondary N) is 1. The normalized spacial score (nSPS) is 10.9. The molecular weight excluding hydrogens is 425 g/mol. The maximum absolute atomic E-state index is 13.2. The zero-order valence-corrected chi connectivity index (χ0v) is 17.7. The predicted molar refractivity (Wildman–Crippen MR) is 121 cm³/mol. The Bertz CT molecular complexity index is 1440. The van der Waals surface area contributed by atoms with Crippen LogP contribution in [0.4, 0.5) is 15.9 Å². The van der Waals surface area contributed by atoms with Crippen LogP contribution in [0.3, 0.4) is 0 Å². The van der Waals surface area contributed by atoms with Crippen molar-refractivity contribution in [3.63, 3.8) is 0 Å². The minimum Gasteiger partial charge on any atom is -0.493 e. The van der Waals surface area contributed by atoms with E-state index in [0.717, 1.165) is 11.1 Å². The summed E-state index contributed by atoms with van der Waals surface area (Å²) in [6.07, 6.45) is 0. The molecule has 0 unspecified atom stereocenters. The third-order valence-electron chi connectivity index (χ3n) is 4.96. The van der Waals surface area contributed by atoms with Crippen molar-refractivity contribution < 1.29 is 18.3 Å². The molecule has 0 aliphatic rings. The van der Waals surface area contributed by atoms with Gasteiger partial charge in [-0.05, 0) is 48.5 Å². The summed E-state index contributed by atoms with van der Waals surface area (Å²) in [5.74, 6) is 2.08. The Morgan fingerprint density at radius 3 is 2.36 bits per heavy atom. The van der Waals surface area contributed by atoms with Gasteiger partial charge in [-0.25, -0.2) is 14.4 Å². The molecule has 0 radical (unpaired) electrons. The molecule has 2 heterocycles. The topological polar surface area (TPSA) is 95.2 Å². The lowest BCUT2D eigenvalue weighted by Gasteiger charge is -2.12. The molecule has 5 rings (SSSR count). The molecule has 0 aliphatic heterocycles. The van der Waals surface area contributed by atoms with Crippen molar-refractivity contribution >= 4 is 22.4 Å². The second-order valence-corrected chi connectivity index (χ2v) is 7.03. The summed E-state index contributed by atoms with van der Waals surface area (Å²) in [6, 6.07) is 18.9. The SMILES string of the molecule is COc1ccc(Nc2nc(-c3nnc(-c4ccc(F)cc4)o3)nc3ccccc23)cc1OC. The average molecular weight is 443 g/mol. The first-order chi connectivity index (χ1) is 16.1. The number of hydrogen-bond acceptors (Lipinski definition) is 8. The van der Waals surface area contributed by atoms with E-state index in [0.29, 0.717) is 28.4 Å². The second kappa shape index (κ2) is 8.54. The van der Waals surface area contributed by atoms with Crippen molar-refractivity contribution in [1.29, 1.82) is 0 Å². The largest absolute Gasteiger partial charge is 0.493 e. The minimum atomic E-state index is -0.345. The van der Waals surface area contributed by atoms with E-state index in [2.05, 4.69) is 25.5 Å². The number of methoxy groups -OCH3 is 2. The van der Waals surface area contributed by atoms with Crippen LogP contribution in [0.5, 0.6) is 11.5 Å². The van der Waals surface area contributed by atoms with Gasteiger partial charge in [0.25, 0.3) is 5.89 Å². The summed E-state index contributed by atoms with van der Waals surface area (Å²) in [5, 5.41) is 12.3. The fourth-order valence-electron chi connectivity index (χ4n) is 3.34. The highest BCUT2D eigenvalue weighted by molar-refractivity contribution is 5.92. The van der Waals surface area contributed by atoms with E-state index < -0.39 is 0 Å². The van der Waals surface area contributed by atoms with Crippen LogP contribution in [0.2, 0.25) is 0 Å². The Balaban J connectivity index is 1.55. The van der Waals surface area contributed by atoms with Gasteiger partial charge in [0, 0.05) is 22.7 Å². The number of halogens is 1. The van der Waals surface area contributed by atoms with Gasteiger partial charge in [0.2, 0.25) is 11.7 Å². The Morgan fingerprint density at radius 2 is 1.58 bits per heavy atom. The molecule has 1 N–H and O–H groups in total. The number of para-hydroxylation sites is 1. The molecule has 9 heteroatoms. The van der Waals surface area contributed by atoms with Crippen LogP contribution in [-0.2, 0) is 0 Å². The highest BCUT2D eigenvalue weighted by Gasteiger charge is 2.17. The van der Waals surface area contributed by atoms with E-state index in [1.165, 1.54) is 12.1 Å². The van der Waals surface area contributed by atoms with Gasteiger partial charge in [-0.3, -0.25) is 0 Å². The Morgan fingerprint density at radius 1 is 0.818 bits per heavy atom. The molecule has 0 spiro atoms. The smallest absolute Gasteiger partial charge is 0.286 e. The van der Waals surface area contributed by atoms with E-state index in [1.807, 2.05) is 36.4 Å². The van der Waals surface area contributed by atoms with Crippen LogP contribution in [-0.4, -0.2) is 34.4 Å². The average Bonchev–Trinajstić information content (AvgIpc) is 3.35. The van der Waals surface area contributed by atoms with Crippen LogP contribution < -0.4 is 14.8 Å². The molecule has 0 fully saturated rings. The lowest BCUT2D eigenvalue weighted by Crippen LogP contribution is -2.00. The highest BCUT2D eigenvalue weighted by Crippen LogP contribution is 2.33. The summed E-state index contributed by atoms with van der Waals surface area (Å²) in [6.45, 7) is 0. The highest BCUT2D eigenvalue weighted by atomic mass is 19.1. The Hall–Kier alpha value is -4.53. The van der Waals surface area contributed by atoms with Crippen molar-refractivity contribution in [2.24, 2.45) is 0 Å². The summed E-state index contributed by atoms with van der Waals surface area (Å²) >= 11 is 0. The number of ether oxygens (including phenoxy) is 2. The first kappa shape index (κ1) is 20.4. The third-order valence-corrected chi connectivity index (χ3v) is 4.96. The molecule has 3 aromatic carbocycles. The second-order valence-electron chi connectivity index (χ2n) is 7.03. The van der Waals surface area contributed by atoms with E-state index in [9.17, 15) is 4.39 Å². The van der Waals surface area contributed by atoms with Crippen molar-refractivity contribution in [1.82, 2.24) is 20.2 Å². The molecule has 0 saturated carbocycles. The monoisotopic (exact) mass is 443 g/mol. The zero-order valence-electron chi connectivity index (χ0n) is 17.7. The maximum atomic E-state index is 13.2. The predicted octanol–water partition coefficient (Wildman–Crippen LogP) is 5.25. The Kier molecular flexibility index (Phi) is 5.27. The summed E-state index contributed by atoms with van der Waals surface area (Å²) in [7, 11) is 3.16. The van der Waals surface area contributed by atoms with E-state index in [-0.39, 0.29) is 23.4 Å². The molecule has 8 nitrogen and oxygen atoms in total. The van der Waals surface area contributed by atoms with E-state index in [4.69, 9.17) is 13.9 Å². The molecule has 0 bridgehead atoms. The molecule has 0 amide bonds. The van der Waals surface area contributed by atoms with E-state index in [1.54, 1.807) is 32.4 Å². The van der Waals surface area contributed by atoms with Crippen molar-refractivity contribution in [2.75, 3.05) is 19.5 Å². The Labute approximate surface area is 188 Å². The lowest BCUT2D eigenvalue weighted by molar-refractivity contribution is 0.355. The fourth-order valence-corrected chi connectivity index (χ4v) is 3.34. The van der Waals surface area contributed by atoms with Crippen LogP contribution in [0, 0.1) is 5.82 Å². The molecule has 0 saturated heterocycles. The van der Waals surface area contributed by atoms with Gasteiger partial charge in [0.05, 0.1) is 19.7 Å². The minimum absolute atomic E-state index is 0.149. The quantitative estimate of drug-likeness (QED) is 0.380. The summed E-state index contributed by atoms with van der Waals surface area (Å²) in [4.78, 5) is 9.21. The van der Waals surface area contributed by atoms with E-state index >= 15 is 0 Å². The van der Waals surface area contributed by atoms with Crippen molar-refractivity contribution in [3.05, 3.63) is 72.5 Å². The maximum Gasteiger partial charge on any atom is 0.286 e. The van der Waals surface area contributed by atoms with Crippen molar-refractivity contribution in [3.8, 4) is 34.7 Å². The molecule has 5 aromatic rings. The number of hydrogen-bond donors (Lipinski definition) is 1. The third kappa shape index (κ3) is 4.03. The van der Waals surface area contributed by atoms with Gasteiger partial charge in [-0.15, -0.1) is 10.2 Å². The number of fused-ring (bicyclic) bond motifs is 1. The molecule has 0 aliphatic carbocycles. The standard InChI is InChI=1S/C24H18FN5O3/c1-31-19-12-11-16(13-20(19)32-2)26-21-17-5-3-4-6-18(17)27-22(28-21)24-30-29-23(33-24)14-7-9-15(25)10-8-14/h3-13H,1-2H3,(H,26,27,28). The van der Waals surface area contributed by atoms with Gasteiger partial charge >= 0.3 is 0 Å². The molecule has 33 heavy (non-hydrogen) atoms. The summed E-state index contributed by atoms with van der Waals surface area (Å²) < 4.78 is 29.7. The molecule has 0 atom stereocenters. The molecular formula is C24H18FN5O3. The van der Waals surface area contributed by atoms with Gasteiger partial charge in [0.1, 0.15) is 11.6 Å². The summed E-state index contributed by atoms with van der Waals surface area (Å²) in [5.41, 5.74) is 2.05. The lowest BCUT2D eigenvalue weighted by atomic mass is 10.2. The number of benzene rings is 3. The molecule has 164 valence electrons. The number of aromatic nitrogens is 4. The van der Waals surface area contributed by atoms with Gasteiger partial charge < -0.3 is 19.2 Å².